The van der Waals surface area contributed by atoms with Crippen LogP contribution in [-0.4, -0.2) is 30.2 Å². The summed E-state index contributed by atoms with van der Waals surface area (Å²) in [5, 5.41) is 0.329. The number of H-pyrrole nitrogens is 1. The van der Waals surface area contributed by atoms with E-state index >= 15 is 0 Å². The Morgan fingerprint density at radius 2 is 1.79 bits per heavy atom. The molecule has 1 unspecified atom stereocenters. The Morgan fingerprint density at radius 1 is 1.07 bits per heavy atom. The molecule has 0 saturated carbocycles. The molecule has 0 fully saturated rings. The zero-order chi connectivity index (χ0) is 20.5. The largest absolute Gasteiger partial charge is 0.611 e. The molecule has 1 atom stereocenters. The Hall–Kier alpha value is -2.74. The number of rotatable bonds is 4. The van der Waals surface area contributed by atoms with E-state index in [0.717, 1.165) is 11.3 Å². The van der Waals surface area contributed by atoms with Gasteiger partial charge in [-0.15, -0.1) is 0 Å². The minimum atomic E-state index is -1.40. The summed E-state index contributed by atoms with van der Waals surface area (Å²) < 4.78 is 12.2. The Morgan fingerprint density at radius 3 is 2.48 bits per heavy atom. The predicted molar refractivity (Wildman–Crippen MR) is 116 cm³/mol. The molecule has 0 aliphatic carbocycles. The number of pyridine rings is 2. The summed E-state index contributed by atoms with van der Waals surface area (Å²) in [4.78, 5) is 29.7. The Labute approximate surface area is 175 Å². The number of hydrogen-bond donors (Lipinski definition) is 1. The fourth-order valence-corrected chi connectivity index (χ4v) is 4.15. The minimum absolute atomic E-state index is 0.143. The average molecular weight is 425 g/mol. The molecule has 3 aromatic heterocycles. The smallest absolute Gasteiger partial charge is 0.264 e. The standard InChI is InChI=1S/C21H17ClN4O2S/c1-3-29(28)15-11-23-21-19(20(15)27)25-18(14-9-12(2)24-16(22)10-14)17(26-21)13-7-5-4-6-8-13/h4-11H,3H2,1-2H3,(H,23,26,27). The molecule has 6 nitrogen and oxygen atoms in total. The first-order valence-electron chi connectivity index (χ1n) is 8.99. The number of aromatic nitrogens is 4. The molecule has 0 bridgehead atoms. The number of fused-ring (bicyclic) bond motifs is 1. The highest BCUT2D eigenvalue weighted by Gasteiger charge is 2.21. The van der Waals surface area contributed by atoms with Crippen LogP contribution in [0.25, 0.3) is 33.7 Å². The molecule has 4 aromatic rings. The van der Waals surface area contributed by atoms with Crippen molar-refractivity contribution in [2.24, 2.45) is 0 Å². The lowest BCUT2D eigenvalue weighted by atomic mass is 10.0. The number of hydrogen-bond acceptors (Lipinski definition) is 5. The number of halogens is 1. The third-order valence-electron chi connectivity index (χ3n) is 4.42. The highest BCUT2D eigenvalue weighted by atomic mass is 35.5. The molecular weight excluding hydrogens is 408 g/mol. The van der Waals surface area contributed by atoms with Crippen molar-refractivity contribution in [1.82, 2.24) is 19.9 Å². The van der Waals surface area contributed by atoms with Crippen LogP contribution in [0.2, 0.25) is 5.15 Å². The van der Waals surface area contributed by atoms with Gasteiger partial charge in [0, 0.05) is 16.8 Å². The summed E-state index contributed by atoms with van der Waals surface area (Å²) >= 11 is 4.77. The van der Waals surface area contributed by atoms with Gasteiger partial charge in [0.1, 0.15) is 10.9 Å². The molecule has 0 aliphatic heterocycles. The summed E-state index contributed by atoms with van der Waals surface area (Å²) in [5.41, 5.74) is 3.51. The molecule has 8 heteroatoms. The zero-order valence-corrected chi connectivity index (χ0v) is 17.3. The normalized spacial score (nSPS) is 12.3. The summed E-state index contributed by atoms with van der Waals surface area (Å²) in [6, 6.07) is 13.1. The zero-order valence-electron chi connectivity index (χ0n) is 15.8. The van der Waals surface area contributed by atoms with Crippen molar-refractivity contribution in [2.75, 3.05) is 5.75 Å². The van der Waals surface area contributed by atoms with Gasteiger partial charge in [0.15, 0.2) is 11.2 Å². The van der Waals surface area contributed by atoms with E-state index in [-0.39, 0.29) is 15.8 Å². The van der Waals surface area contributed by atoms with E-state index in [1.165, 1.54) is 6.20 Å². The summed E-state index contributed by atoms with van der Waals surface area (Å²) in [6.07, 6.45) is 1.46. The molecule has 3 heterocycles. The summed E-state index contributed by atoms with van der Waals surface area (Å²) in [6.45, 7) is 3.60. The molecule has 4 rings (SSSR count). The number of benzene rings is 1. The van der Waals surface area contributed by atoms with Crippen LogP contribution in [0.5, 0.6) is 0 Å². The molecule has 0 amide bonds. The van der Waals surface area contributed by atoms with Gasteiger partial charge in [-0.25, -0.2) is 15.0 Å². The van der Waals surface area contributed by atoms with Crippen molar-refractivity contribution in [3.05, 3.63) is 69.7 Å². The molecule has 1 N–H and O–H groups in total. The fraction of sp³-hybridized carbons (Fsp3) is 0.143. The van der Waals surface area contributed by atoms with Crippen LogP contribution in [-0.2, 0) is 11.2 Å². The second-order valence-electron chi connectivity index (χ2n) is 6.42. The lowest BCUT2D eigenvalue weighted by Crippen LogP contribution is -2.19. The van der Waals surface area contributed by atoms with E-state index in [1.807, 2.05) is 43.3 Å². The van der Waals surface area contributed by atoms with Gasteiger partial charge in [0.25, 0.3) is 5.43 Å². The van der Waals surface area contributed by atoms with Crippen LogP contribution in [0, 0.1) is 6.92 Å². The van der Waals surface area contributed by atoms with E-state index in [0.29, 0.717) is 33.5 Å². The monoisotopic (exact) mass is 424 g/mol. The van der Waals surface area contributed by atoms with Gasteiger partial charge in [-0.05, 0) is 37.2 Å². The van der Waals surface area contributed by atoms with E-state index < -0.39 is 11.2 Å². The third-order valence-corrected chi connectivity index (χ3v) is 5.94. The quantitative estimate of drug-likeness (QED) is 0.392. The third kappa shape index (κ3) is 3.76. The Balaban J connectivity index is 2.06. The van der Waals surface area contributed by atoms with Crippen LogP contribution < -0.4 is 5.43 Å². The van der Waals surface area contributed by atoms with Gasteiger partial charge in [0.05, 0.1) is 17.6 Å². The van der Waals surface area contributed by atoms with E-state index in [1.54, 1.807) is 13.0 Å². The van der Waals surface area contributed by atoms with Gasteiger partial charge in [-0.1, -0.05) is 41.9 Å². The second kappa shape index (κ2) is 7.94. The number of nitrogens with one attached hydrogen (secondary N) is 1. The maximum atomic E-state index is 12.9. The van der Waals surface area contributed by atoms with E-state index in [4.69, 9.17) is 11.6 Å². The van der Waals surface area contributed by atoms with Crippen LogP contribution in [0.3, 0.4) is 0 Å². The molecule has 1 aromatic carbocycles. The molecule has 29 heavy (non-hydrogen) atoms. The van der Waals surface area contributed by atoms with Crippen LogP contribution in [0.15, 0.2) is 58.4 Å². The van der Waals surface area contributed by atoms with Crippen molar-refractivity contribution >= 4 is 33.9 Å². The molecule has 146 valence electrons. The van der Waals surface area contributed by atoms with Gasteiger partial charge in [-0.3, -0.25) is 4.79 Å². The second-order valence-corrected chi connectivity index (χ2v) is 8.52. The van der Waals surface area contributed by atoms with Crippen LogP contribution in [0.4, 0.5) is 0 Å². The van der Waals surface area contributed by atoms with Crippen molar-refractivity contribution in [3.8, 4) is 22.5 Å². The minimum Gasteiger partial charge on any atom is -0.611 e. The van der Waals surface area contributed by atoms with Crippen molar-refractivity contribution in [3.63, 3.8) is 0 Å². The van der Waals surface area contributed by atoms with Gasteiger partial charge in [0.2, 0.25) is 4.90 Å². The fourth-order valence-electron chi connectivity index (χ4n) is 3.10. The van der Waals surface area contributed by atoms with E-state index in [9.17, 15) is 9.35 Å². The maximum absolute atomic E-state index is 12.9. The maximum Gasteiger partial charge on any atom is 0.264 e. The average Bonchev–Trinajstić information content (AvgIpc) is 2.72. The first-order chi connectivity index (χ1) is 14.0. The van der Waals surface area contributed by atoms with Gasteiger partial charge in [-0.2, -0.15) is 0 Å². The molecule has 0 radical (unpaired) electrons. The van der Waals surface area contributed by atoms with E-state index in [2.05, 4.69) is 19.9 Å². The summed E-state index contributed by atoms with van der Waals surface area (Å²) in [5.74, 6) is 0.343. The van der Waals surface area contributed by atoms with Crippen molar-refractivity contribution < 1.29 is 4.55 Å². The number of aryl methyl sites for hydroxylation is 1. The molecular formula is C21H17ClN4O2S. The Kier molecular flexibility index (Phi) is 5.36. The molecule has 0 spiro atoms. The highest BCUT2D eigenvalue weighted by molar-refractivity contribution is 7.91. The topological polar surface area (TPSA) is 94.6 Å². The molecule has 0 aliphatic rings. The molecule has 0 saturated heterocycles. The number of aromatic amines is 1. The van der Waals surface area contributed by atoms with Gasteiger partial charge >= 0.3 is 0 Å². The predicted octanol–water partition coefficient (Wildman–Crippen LogP) is 4.14. The van der Waals surface area contributed by atoms with Gasteiger partial charge < -0.3 is 9.54 Å². The van der Waals surface area contributed by atoms with Crippen molar-refractivity contribution in [1.29, 1.82) is 0 Å². The number of nitrogens with zero attached hydrogens (tertiary/aromatic N) is 3. The lowest BCUT2D eigenvalue weighted by molar-refractivity contribution is 0.595. The SMILES string of the molecule is CC[S+]([O-])c1c[nH]c2nc(-c3ccccc3)c(-c3cc(C)nc(Cl)c3)nc2c1=O. The summed E-state index contributed by atoms with van der Waals surface area (Å²) in [7, 11) is 0. The highest BCUT2D eigenvalue weighted by Crippen LogP contribution is 2.31. The van der Waals surface area contributed by atoms with Crippen molar-refractivity contribution in [2.45, 2.75) is 18.7 Å². The first-order valence-corrected chi connectivity index (χ1v) is 10.7. The Bertz CT molecular complexity index is 1240. The first kappa shape index (κ1) is 19.6. The van der Waals surface area contributed by atoms with Crippen LogP contribution in [0.1, 0.15) is 12.6 Å². The van der Waals surface area contributed by atoms with Crippen LogP contribution >= 0.6 is 11.6 Å². The lowest BCUT2D eigenvalue weighted by Gasteiger charge is -2.12.